The first-order valence-corrected chi connectivity index (χ1v) is 8.21. The molecule has 2 aliphatic rings. The Morgan fingerprint density at radius 1 is 1.06 bits per heavy atom. The fourth-order valence-electron chi connectivity index (χ4n) is 3.64. The molecule has 2 atom stereocenters. The van der Waals surface area contributed by atoms with Gasteiger partial charge in [0.1, 0.15) is 0 Å². The fourth-order valence-corrected chi connectivity index (χ4v) is 3.64. The van der Waals surface area contributed by atoms with E-state index in [2.05, 4.69) is 24.5 Å². The zero-order chi connectivity index (χ0) is 12.8. The number of unbranched alkanes of at least 4 members (excludes halogenated alkanes) is 1. The highest BCUT2D eigenvalue weighted by Gasteiger charge is 2.32. The van der Waals surface area contributed by atoms with Crippen LogP contribution in [0, 0.1) is 11.8 Å². The molecule has 2 unspecified atom stereocenters. The molecule has 0 aromatic heterocycles. The van der Waals surface area contributed by atoms with Crippen LogP contribution in [0.2, 0.25) is 0 Å². The SMILES string of the molecule is CC(C)CCCCNCCC1CC2CCC(C1)N2. The van der Waals surface area contributed by atoms with Gasteiger partial charge in [0.2, 0.25) is 0 Å². The van der Waals surface area contributed by atoms with Crippen LogP contribution in [0.25, 0.3) is 0 Å². The summed E-state index contributed by atoms with van der Waals surface area (Å²) in [4.78, 5) is 0. The number of hydrogen-bond donors (Lipinski definition) is 2. The monoisotopic (exact) mass is 252 g/mol. The molecular weight excluding hydrogens is 220 g/mol. The first-order valence-electron chi connectivity index (χ1n) is 8.21. The summed E-state index contributed by atoms with van der Waals surface area (Å²) < 4.78 is 0. The molecule has 106 valence electrons. The van der Waals surface area contributed by atoms with Gasteiger partial charge in [-0.25, -0.2) is 0 Å². The van der Waals surface area contributed by atoms with Gasteiger partial charge < -0.3 is 10.6 Å². The summed E-state index contributed by atoms with van der Waals surface area (Å²) in [6, 6.07) is 1.72. The zero-order valence-electron chi connectivity index (χ0n) is 12.4. The summed E-state index contributed by atoms with van der Waals surface area (Å²) in [5.74, 6) is 1.86. The standard InChI is InChI=1S/C16H32N2/c1-13(2)5-3-4-9-17-10-8-14-11-15-6-7-16(12-14)18-15/h13-18H,3-12H2,1-2H3. The van der Waals surface area contributed by atoms with Crippen LogP contribution in [0.4, 0.5) is 0 Å². The van der Waals surface area contributed by atoms with Crippen LogP contribution in [0.5, 0.6) is 0 Å². The predicted molar refractivity (Wildman–Crippen MR) is 78.8 cm³/mol. The Labute approximate surface area is 113 Å². The van der Waals surface area contributed by atoms with Crippen LogP contribution in [0.1, 0.15) is 65.2 Å². The minimum absolute atomic E-state index is 0.861. The minimum Gasteiger partial charge on any atom is -0.317 e. The molecule has 2 rings (SSSR count). The predicted octanol–water partition coefficient (Wildman–Crippen LogP) is 3.32. The minimum atomic E-state index is 0.861. The van der Waals surface area contributed by atoms with Gasteiger partial charge in [0.05, 0.1) is 0 Å². The number of hydrogen-bond acceptors (Lipinski definition) is 2. The number of piperidine rings is 1. The highest BCUT2D eigenvalue weighted by molar-refractivity contribution is 4.91. The van der Waals surface area contributed by atoms with Crippen LogP contribution in [-0.4, -0.2) is 25.2 Å². The van der Waals surface area contributed by atoms with Crippen molar-refractivity contribution in [2.24, 2.45) is 11.8 Å². The molecule has 2 N–H and O–H groups in total. The van der Waals surface area contributed by atoms with Gasteiger partial charge in [0, 0.05) is 12.1 Å². The van der Waals surface area contributed by atoms with E-state index in [9.17, 15) is 0 Å². The first kappa shape index (κ1) is 14.3. The van der Waals surface area contributed by atoms with Crippen molar-refractivity contribution in [2.75, 3.05) is 13.1 Å². The van der Waals surface area contributed by atoms with Crippen LogP contribution < -0.4 is 10.6 Å². The molecule has 2 aliphatic heterocycles. The molecule has 18 heavy (non-hydrogen) atoms. The number of rotatable bonds is 8. The first-order chi connectivity index (χ1) is 8.74. The summed E-state index contributed by atoms with van der Waals surface area (Å²) >= 11 is 0. The van der Waals surface area contributed by atoms with E-state index in [1.165, 1.54) is 64.5 Å². The van der Waals surface area contributed by atoms with Crippen molar-refractivity contribution >= 4 is 0 Å². The highest BCUT2D eigenvalue weighted by atomic mass is 15.0. The molecule has 2 bridgehead atoms. The van der Waals surface area contributed by atoms with Crippen molar-refractivity contribution in [3.63, 3.8) is 0 Å². The van der Waals surface area contributed by atoms with E-state index in [0.29, 0.717) is 0 Å². The lowest BCUT2D eigenvalue weighted by Gasteiger charge is -2.29. The van der Waals surface area contributed by atoms with E-state index in [1.807, 2.05) is 0 Å². The highest BCUT2D eigenvalue weighted by Crippen LogP contribution is 2.32. The number of nitrogens with one attached hydrogen (secondary N) is 2. The maximum absolute atomic E-state index is 3.73. The van der Waals surface area contributed by atoms with Gasteiger partial charge in [-0.2, -0.15) is 0 Å². The number of fused-ring (bicyclic) bond motifs is 2. The summed E-state index contributed by atoms with van der Waals surface area (Å²) in [6.07, 6.45) is 11.3. The molecule has 2 saturated heterocycles. The van der Waals surface area contributed by atoms with Crippen LogP contribution in [0.15, 0.2) is 0 Å². The van der Waals surface area contributed by atoms with Gasteiger partial charge in [0.25, 0.3) is 0 Å². The van der Waals surface area contributed by atoms with Gasteiger partial charge in [-0.15, -0.1) is 0 Å². The summed E-state index contributed by atoms with van der Waals surface area (Å²) in [5.41, 5.74) is 0. The van der Waals surface area contributed by atoms with Crippen LogP contribution >= 0.6 is 0 Å². The van der Waals surface area contributed by atoms with E-state index in [-0.39, 0.29) is 0 Å². The van der Waals surface area contributed by atoms with Gasteiger partial charge in [-0.3, -0.25) is 0 Å². The molecule has 0 radical (unpaired) electrons. The lowest BCUT2D eigenvalue weighted by molar-refractivity contribution is 0.283. The lowest BCUT2D eigenvalue weighted by Crippen LogP contribution is -2.38. The van der Waals surface area contributed by atoms with E-state index in [0.717, 1.165) is 23.9 Å². The normalized spacial score (nSPS) is 31.2. The van der Waals surface area contributed by atoms with Crippen molar-refractivity contribution in [3.8, 4) is 0 Å². The molecule has 2 nitrogen and oxygen atoms in total. The van der Waals surface area contributed by atoms with E-state index >= 15 is 0 Å². The summed E-state index contributed by atoms with van der Waals surface area (Å²) in [5, 5.41) is 7.36. The summed E-state index contributed by atoms with van der Waals surface area (Å²) in [7, 11) is 0. The van der Waals surface area contributed by atoms with E-state index in [1.54, 1.807) is 0 Å². The van der Waals surface area contributed by atoms with E-state index < -0.39 is 0 Å². The Bertz CT molecular complexity index is 215. The summed E-state index contributed by atoms with van der Waals surface area (Å²) in [6.45, 7) is 7.11. The quantitative estimate of drug-likeness (QED) is 0.648. The molecular formula is C16H32N2. The van der Waals surface area contributed by atoms with Gasteiger partial charge in [-0.1, -0.05) is 26.7 Å². The maximum Gasteiger partial charge on any atom is 0.00728 e. The largest absolute Gasteiger partial charge is 0.317 e. The second kappa shape index (κ2) is 7.49. The van der Waals surface area contributed by atoms with Crippen molar-refractivity contribution in [3.05, 3.63) is 0 Å². The van der Waals surface area contributed by atoms with Crippen molar-refractivity contribution in [1.82, 2.24) is 10.6 Å². The lowest BCUT2D eigenvalue weighted by atomic mass is 9.90. The molecule has 2 fully saturated rings. The maximum atomic E-state index is 3.73. The third-order valence-electron chi connectivity index (χ3n) is 4.69. The second-order valence-electron chi connectivity index (χ2n) is 6.90. The van der Waals surface area contributed by atoms with Gasteiger partial charge in [0.15, 0.2) is 0 Å². The Kier molecular flexibility index (Phi) is 5.97. The van der Waals surface area contributed by atoms with Crippen molar-refractivity contribution in [1.29, 1.82) is 0 Å². The average molecular weight is 252 g/mol. The van der Waals surface area contributed by atoms with Crippen LogP contribution in [0.3, 0.4) is 0 Å². The Morgan fingerprint density at radius 3 is 2.44 bits per heavy atom. The Balaban J connectivity index is 1.44. The molecule has 0 saturated carbocycles. The molecule has 0 aliphatic carbocycles. The fraction of sp³-hybridized carbons (Fsp3) is 1.00. The second-order valence-corrected chi connectivity index (χ2v) is 6.90. The zero-order valence-corrected chi connectivity index (χ0v) is 12.4. The van der Waals surface area contributed by atoms with E-state index in [4.69, 9.17) is 0 Å². The Morgan fingerprint density at radius 2 is 1.78 bits per heavy atom. The topological polar surface area (TPSA) is 24.1 Å². The Hall–Kier alpha value is -0.0800. The molecule has 0 aromatic rings. The van der Waals surface area contributed by atoms with Crippen LogP contribution in [-0.2, 0) is 0 Å². The van der Waals surface area contributed by atoms with Crippen molar-refractivity contribution < 1.29 is 0 Å². The molecule has 0 amide bonds. The molecule has 0 aromatic carbocycles. The van der Waals surface area contributed by atoms with Gasteiger partial charge >= 0.3 is 0 Å². The average Bonchev–Trinajstić information content (AvgIpc) is 2.67. The van der Waals surface area contributed by atoms with Crippen molar-refractivity contribution in [2.45, 2.75) is 77.3 Å². The van der Waals surface area contributed by atoms with Gasteiger partial charge in [-0.05, 0) is 63.5 Å². The molecule has 2 heterocycles. The third kappa shape index (κ3) is 4.89. The third-order valence-corrected chi connectivity index (χ3v) is 4.69. The molecule has 2 heteroatoms. The smallest absolute Gasteiger partial charge is 0.00728 e. The molecule has 0 spiro atoms.